The minimum absolute atomic E-state index is 0.166. The SMILES string of the molecule is CN(Cc1cc(C#CCO)cs1)C(=O)c1cc(Cl)sc1Cl. The van der Waals surface area contributed by atoms with E-state index in [1.807, 2.05) is 11.4 Å². The fourth-order valence-electron chi connectivity index (χ4n) is 1.67. The van der Waals surface area contributed by atoms with Crippen molar-refractivity contribution in [1.82, 2.24) is 4.90 Å². The molecule has 21 heavy (non-hydrogen) atoms. The van der Waals surface area contributed by atoms with Gasteiger partial charge in [0.2, 0.25) is 0 Å². The number of amides is 1. The van der Waals surface area contributed by atoms with Gasteiger partial charge in [0.05, 0.1) is 16.4 Å². The molecule has 0 saturated carbocycles. The summed E-state index contributed by atoms with van der Waals surface area (Å²) < 4.78 is 0.895. The summed E-state index contributed by atoms with van der Waals surface area (Å²) in [4.78, 5) is 14.9. The standard InChI is InChI=1S/C14H11Cl2NO2S2/c1-17(14(19)11-6-12(15)21-13(11)16)7-10-5-9(8-20-10)3-2-4-18/h5-6,8,18H,4,7H2,1H3. The maximum absolute atomic E-state index is 12.3. The third kappa shape index (κ3) is 4.22. The monoisotopic (exact) mass is 359 g/mol. The first kappa shape index (κ1) is 16.3. The van der Waals surface area contributed by atoms with E-state index >= 15 is 0 Å². The van der Waals surface area contributed by atoms with Crippen LogP contribution in [0.5, 0.6) is 0 Å². The van der Waals surface area contributed by atoms with E-state index in [1.165, 1.54) is 22.7 Å². The Balaban J connectivity index is 2.07. The average molecular weight is 360 g/mol. The molecule has 2 rings (SSSR count). The third-order valence-corrected chi connectivity index (χ3v) is 5.00. The second-order valence-electron chi connectivity index (χ2n) is 4.16. The highest BCUT2D eigenvalue weighted by Crippen LogP contribution is 2.32. The Hall–Kier alpha value is -1.03. The number of hydrogen-bond donors (Lipinski definition) is 1. The summed E-state index contributed by atoms with van der Waals surface area (Å²) in [5.41, 5.74) is 1.26. The maximum Gasteiger partial charge on any atom is 0.256 e. The Kier molecular flexibility index (Phi) is 5.68. The van der Waals surface area contributed by atoms with Gasteiger partial charge in [0.25, 0.3) is 5.91 Å². The first-order valence-electron chi connectivity index (χ1n) is 5.88. The van der Waals surface area contributed by atoms with Gasteiger partial charge >= 0.3 is 0 Å². The number of carbonyl (C=O) groups excluding carboxylic acids is 1. The highest BCUT2D eigenvalue weighted by Gasteiger charge is 2.18. The van der Waals surface area contributed by atoms with Crippen molar-refractivity contribution in [2.75, 3.05) is 13.7 Å². The molecule has 0 aromatic carbocycles. The second kappa shape index (κ2) is 7.30. The Labute approximate surface area is 140 Å². The molecule has 110 valence electrons. The zero-order chi connectivity index (χ0) is 15.4. The van der Waals surface area contributed by atoms with Crippen LogP contribution in [-0.2, 0) is 6.54 Å². The molecule has 1 amide bonds. The van der Waals surface area contributed by atoms with Crippen molar-refractivity contribution in [1.29, 1.82) is 0 Å². The lowest BCUT2D eigenvalue weighted by Gasteiger charge is -2.15. The number of carbonyl (C=O) groups is 1. The van der Waals surface area contributed by atoms with Gasteiger partial charge in [-0.25, -0.2) is 0 Å². The zero-order valence-corrected chi connectivity index (χ0v) is 14.2. The van der Waals surface area contributed by atoms with Crippen molar-refractivity contribution in [2.45, 2.75) is 6.54 Å². The number of hydrogen-bond acceptors (Lipinski definition) is 4. The van der Waals surface area contributed by atoms with Gasteiger partial charge < -0.3 is 10.0 Å². The van der Waals surface area contributed by atoms with E-state index in [4.69, 9.17) is 28.3 Å². The van der Waals surface area contributed by atoms with Gasteiger partial charge in [-0.1, -0.05) is 35.0 Å². The quantitative estimate of drug-likeness (QED) is 0.848. The number of aliphatic hydroxyl groups excluding tert-OH is 1. The normalized spacial score (nSPS) is 10.1. The molecule has 0 saturated heterocycles. The fourth-order valence-corrected chi connectivity index (χ4v) is 3.98. The number of rotatable bonds is 3. The lowest BCUT2D eigenvalue weighted by Crippen LogP contribution is -2.25. The zero-order valence-electron chi connectivity index (χ0n) is 11.0. The first-order chi connectivity index (χ1) is 10.0. The fraction of sp³-hybridized carbons (Fsp3) is 0.214. The summed E-state index contributed by atoms with van der Waals surface area (Å²) >= 11 is 14.5. The van der Waals surface area contributed by atoms with Crippen molar-refractivity contribution in [3.63, 3.8) is 0 Å². The first-order valence-corrected chi connectivity index (χ1v) is 8.34. The smallest absolute Gasteiger partial charge is 0.256 e. The van der Waals surface area contributed by atoms with Gasteiger partial charge in [-0.15, -0.1) is 22.7 Å². The Morgan fingerprint density at radius 2 is 2.19 bits per heavy atom. The molecule has 2 heterocycles. The summed E-state index contributed by atoms with van der Waals surface area (Å²) in [6.07, 6.45) is 0. The summed E-state index contributed by atoms with van der Waals surface area (Å²) in [7, 11) is 1.71. The van der Waals surface area contributed by atoms with Crippen LogP contribution in [0, 0.1) is 11.8 Å². The van der Waals surface area contributed by atoms with Gasteiger partial charge in [0.1, 0.15) is 10.9 Å². The number of aliphatic hydroxyl groups is 1. The van der Waals surface area contributed by atoms with Crippen LogP contribution in [0.2, 0.25) is 8.67 Å². The van der Waals surface area contributed by atoms with Crippen LogP contribution in [0.3, 0.4) is 0 Å². The number of thiophene rings is 2. The van der Waals surface area contributed by atoms with Crippen LogP contribution in [0.1, 0.15) is 20.8 Å². The minimum Gasteiger partial charge on any atom is -0.384 e. The van der Waals surface area contributed by atoms with Gasteiger partial charge in [-0.05, 0) is 12.1 Å². The molecule has 2 aromatic rings. The van der Waals surface area contributed by atoms with Gasteiger partial charge in [0.15, 0.2) is 0 Å². The molecule has 0 unspecified atom stereocenters. The molecule has 0 atom stereocenters. The van der Waals surface area contributed by atoms with E-state index in [9.17, 15) is 4.79 Å². The molecule has 1 N–H and O–H groups in total. The topological polar surface area (TPSA) is 40.5 Å². The number of nitrogens with zero attached hydrogens (tertiary/aromatic N) is 1. The average Bonchev–Trinajstić information content (AvgIpc) is 3.02. The van der Waals surface area contributed by atoms with Gasteiger partial charge in [0, 0.05) is 22.9 Å². The van der Waals surface area contributed by atoms with E-state index in [0.29, 0.717) is 20.8 Å². The van der Waals surface area contributed by atoms with Crippen LogP contribution < -0.4 is 0 Å². The van der Waals surface area contributed by atoms with Crippen LogP contribution in [0.25, 0.3) is 0 Å². The van der Waals surface area contributed by atoms with Crippen molar-refractivity contribution in [3.8, 4) is 11.8 Å². The molecule has 0 spiro atoms. The van der Waals surface area contributed by atoms with Crippen molar-refractivity contribution < 1.29 is 9.90 Å². The molecule has 0 bridgehead atoms. The maximum atomic E-state index is 12.3. The molecule has 0 aliphatic rings. The van der Waals surface area contributed by atoms with Crippen molar-refractivity contribution in [2.24, 2.45) is 0 Å². The van der Waals surface area contributed by atoms with E-state index < -0.39 is 0 Å². The van der Waals surface area contributed by atoms with Crippen LogP contribution in [-0.4, -0.2) is 29.6 Å². The summed E-state index contributed by atoms with van der Waals surface area (Å²) in [5, 5.41) is 10.6. The van der Waals surface area contributed by atoms with Crippen LogP contribution in [0.15, 0.2) is 17.5 Å². The van der Waals surface area contributed by atoms with E-state index in [2.05, 4.69) is 11.8 Å². The highest BCUT2D eigenvalue weighted by atomic mass is 35.5. The molecule has 0 radical (unpaired) electrons. The van der Waals surface area contributed by atoms with E-state index in [0.717, 1.165) is 10.4 Å². The molecule has 2 aromatic heterocycles. The lowest BCUT2D eigenvalue weighted by molar-refractivity contribution is 0.0787. The Bertz CT molecular complexity index is 712. The Morgan fingerprint density at radius 3 is 2.81 bits per heavy atom. The minimum atomic E-state index is -0.167. The predicted octanol–water partition coefficient (Wildman–Crippen LogP) is 3.73. The molecular formula is C14H11Cl2NO2S2. The van der Waals surface area contributed by atoms with Gasteiger partial charge in [-0.2, -0.15) is 0 Å². The third-order valence-electron chi connectivity index (χ3n) is 2.59. The summed E-state index contributed by atoms with van der Waals surface area (Å²) in [6.45, 7) is 0.301. The van der Waals surface area contributed by atoms with Gasteiger partial charge in [-0.3, -0.25) is 4.79 Å². The van der Waals surface area contributed by atoms with Crippen molar-refractivity contribution in [3.05, 3.63) is 42.2 Å². The number of halogens is 2. The Morgan fingerprint density at radius 1 is 1.43 bits per heavy atom. The van der Waals surface area contributed by atoms with Crippen LogP contribution >= 0.6 is 45.9 Å². The van der Waals surface area contributed by atoms with Crippen molar-refractivity contribution >= 4 is 51.8 Å². The second-order valence-corrected chi connectivity index (χ2v) is 7.44. The molecule has 0 fully saturated rings. The molecule has 3 nitrogen and oxygen atoms in total. The molecule has 0 aliphatic carbocycles. The summed E-state index contributed by atoms with van der Waals surface area (Å²) in [5.74, 6) is 5.26. The van der Waals surface area contributed by atoms with Crippen LogP contribution in [0.4, 0.5) is 0 Å². The molecule has 0 aliphatic heterocycles. The molecule has 7 heteroatoms. The lowest BCUT2D eigenvalue weighted by atomic mass is 10.2. The highest BCUT2D eigenvalue weighted by molar-refractivity contribution is 7.20. The summed E-state index contributed by atoms with van der Waals surface area (Å²) in [6, 6.07) is 3.49. The van der Waals surface area contributed by atoms with E-state index in [1.54, 1.807) is 18.0 Å². The largest absolute Gasteiger partial charge is 0.384 e. The van der Waals surface area contributed by atoms with E-state index in [-0.39, 0.29) is 12.5 Å². The predicted molar refractivity (Wildman–Crippen MR) is 88.4 cm³/mol. The molecular weight excluding hydrogens is 349 g/mol.